The number of carbonyl (C=O) groups is 1. The molecule has 8 nitrogen and oxygen atoms in total. The highest BCUT2D eigenvalue weighted by Crippen LogP contribution is 2.40. The number of rotatable bonds is 5. The summed E-state index contributed by atoms with van der Waals surface area (Å²) in [6.07, 6.45) is 3.98. The van der Waals surface area contributed by atoms with Gasteiger partial charge in [-0.3, -0.25) is 0 Å². The molecule has 1 amide bonds. The van der Waals surface area contributed by atoms with Crippen molar-refractivity contribution in [2.75, 3.05) is 5.73 Å². The van der Waals surface area contributed by atoms with Gasteiger partial charge in [-0.05, 0) is 58.6 Å². The quantitative estimate of drug-likeness (QED) is 0.593. The first-order valence-corrected chi connectivity index (χ1v) is 12.1. The number of benzene rings is 1. The molecule has 0 bridgehead atoms. The molecule has 0 radical (unpaired) electrons. The van der Waals surface area contributed by atoms with Crippen molar-refractivity contribution in [3.05, 3.63) is 29.4 Å². The molecule has 1 aromatic heterocycles. The summed E-state index contributed by atoms with van der Waals surface area (Å²) in [5, 5.41) is 0.950. The largest absolute Gasteiger partial charge is 0.446 e. The van der Waals surface area contributed by atoms with E-state index in [2.05, 4.69) is 9.71 Å². The zero-order valence-electron chi connectivity index (χ0n) is 17.3. The lowest BCUT2D eigenvalue weighted by atomic mass is 9.88. The van der Waals surface area contributed by atoms with Gasteiger partial charge < -0.3 is 16.2 Å². The second-order valence-electron chi connectivity index (χ2n) is 8.58. The van der Waals surface area contributed by atoms with Crippen molar-refractivity contribution in [2.24, 2.45) is 5.73 Å². The molecule has 1 heterocycles. The van der Waals surface area contributed by atoms with E-state index in [9.17, 15) is 13.2 Å². The van der Waals surface area contributed by atoms with E-state index in [-0.39, 0.29) is 16.9 Å². The minimum atomic E-state index is -3.77. The Labute approximate surface area is 181 Å². The van der Waals surface area contributed by atoms with E-state index in [1.165, 1.54) is 17.4 Å². The number of amides is 1. The highest BCUT2D eigenvalue weighted by molar-refractivity contribution is 7.89. The number of anilines is 1. The Morgan fingerprint density at radius 2 is 1.90 bits per heavy atom. The molecule has 0 atom stereocenters. The third-order valence-electron chi connectivity index (χ3n) is 4.83. The Bertz CT molecular complexity index is 1020. The molecule has 1 aromatic carbocycles. The van der Waals surface area contributed by atoms with Crippen LogP contribution in [0.5, 0.6) is 0 Å². The first-order valence-electron chi connectivity index (χ1n) is 9.80. The molecule has 0 saturated heterocycles. The van der Waals surface area contributed by atoms with Gasteiger partial charge in [0.05, 0.1) is 14.8 Å². The Kier molecular flexibility index (Phi) is 6.40. The molecule has 3 rings (SSSR count). The smallest absolute Gasteiger partial charge is 0.404 e. The zero-order chi connectivity index (χ0) is 22.1. The second kappa shape index (κ2) is 8.52. The summed E-state index contributed by atoms with van der Waals surface area (Å²) < 4.78 is 33.8. The van der Waals surface area contributed by atoms with Crippen LogP contribution in [0.4, 0.5) is 10.5 Å². The van der Waals surface area contributed by atoms with E-state index in [1.807, 2.05) is 0 Å². The second-order valence-corrected chi connectivity index (χ2v) is 11.3. The maximum Gasteiger partial charge on any atom is 0.404 e. The molecule has 1 saturated carbocycles. The molecule has 2 aromatic rings. The Hall–Kier alpha value is -2.17. The van der Waals surface area contributed by atoms with Crippen LogP contribution in [0.2, 0.25) is 0 Å². The molecule has 0 unspecified atom stereocenters. The number of aromatic nitrogens is 1. The van der Waals surface area contributed by atoms with Crippen LogP contribution in [0.15, 0.2) is 29.3 Å². The van der Waals surface area contributed by atoms with Gasteiger partial charge in [0.25, 0.3) is 0 Å². The Morgan fingerprint density at radius 3 is 2.50 bits per heavy atom. The standard InChI is InChI=1S/C20H28N4O4S2/c1-20(2,3)24-30(26,27)17-10-13(21)6-9-15(17)16-11-23-18(29-16)12-4-7-14(8-5-12)28-19(22)25/h6,9-12,14,24H,4-5,7-8,21H2,1-3H3,(H2,22,25). The summed E-state index contributed by atoms with van der Waals surface area (Å²) in [6, 6.07) is 4.90. The van der Waals surface area contributed by atoms with Gasteiger partial charge in [-0.2, -0.15) is 0 Å². The number of nitrogen functional groups attached to an aromatic ring is 1. The van der Waals surface area contributed by atoms with Crippen molar-refractivity contribution >= 4 is 33.1 Å². The topological polar surface area (TPSA) is 137 Å². The fourth-order valence-corrected chi connectivity index (χ4v) is 6.48. The van der Waals surface area contributed by atoms with Gasteiger partial charge in [-0.1, -0.05) is 6.07 Å². The normalized spacial score (nSPS) is 20.1. The van der Waals surface area contributed by atoms with Gasteiger partial charge in [-0.15, -0.1) is 11.3 Å². The fraction of sp³-hybridized carbons (Fsp3) is 0.500. The molecule has 0 spiro atoms. The molecular weight excluding hydrogens is 424 g/mol. The predicted molar refractivity (Wildman–Crippen MR) is 118 cm³/mol. The Balaban J connectivity index is 1.85. The number of nitrogens with zero attached hydrogens (tertiary/aromatic N) is 1. The van der Waals surface area contributed by atoms with E-state index in [1.54, 1.807) is 39.1 Å². The molecule has 0 aliphatic heterocycles. The molecule has 1 aliphatic carbocycles. The Morgan fingerprint density at radius 1 is 1.23 bits per heavy atom. The van der Waals surface area contributed by atoms with Crippen LogP contribution >= 0.6 is 11.3 Å². The third-order valence-corrected chi connectivity index (χ3v) is 7.82. The van der Waals surface area contributed by atoms with Crippen molar-refractivity contribution in [3.63, 3.8) is 0 Å². The monoisotopic (exact) mass is 452 g/mol. The minimum Gasteiger partial charge on any atom is -0.446 e. The van der Waals surface area contributed by atoms with Crippen molar-refractivity contribution in [2.45, 2.75) is 68.9 Å². The van der Waals surface area contributed by atoms with Gasteiger partial charge in [0.2, 0.25) is 10.0 Å². The van der Waals surface area contributed by atoms with E-state index < -0.39 is 21.7 Å². The first kappa shape index (κ1) is 22.5. The lowest BCUT2D eigenvalue weighted by molar-refractivity contribution is 0.0787. The van der Waals surface area contributed by atoms with Crippen LogP contribution in [0, 0.1) is 0 Å². The molecule has 164 valence electrons. The summed E-state index contributed by atoms with van der Waals surface area (Å²) in [6.45, 7) is 5.37. The average Bonchev–Trinajstić information content (AvgIpc) is 3.09. The number of thiazole rings is 1. The highest BCUT2D eigenvalue weighted by Gasteiger charge is 2.28. The number of nitrogens with two attached hydrogens (primary N) is 2. The minimum absolute atomic E-state index is 0.143. The van der Waals surface area contributed by atoms with E-state index >= 15 is 0 Å². The van der Waals surface area contributed by atoms with Crippen molar-refractivity contribution in [1.82, 2.24) is 9.71 Å². The highest BCUT2D eigenvalue weighted by atomic mass is 32.2. The number of hydrogen-bond acceptors (Lipinski definition) is 7. The maximum absolute atomic E-state index is 13.0. The number of primary amides is 1. The van der Waals surface area contributed by atoms with E-state index in [0.29, 0.717) is 11.3 Å². The molecule has 5 N–H and O–H groups in total. The van der Waals surface area contributed by atoms with Crippen LogP contribution in [0.3, 0.4) is 0 Å². The first-order chi connectivity index (χ1) is 13.9. The van der Waals surface area contributed by atoms with Crippen LogP contribution in [0.25, 0.3) is 10.4 Å². The van der Waals surface area contributed by atoms with Crippen molar-refractivity contribution < 1.29 is 17.9 Å². The summed E-state index contributed by atoms with van der Waals surface area (Å²) >= 11 is 1.49. The van der Waals surface area contributed by atoms with Crippen LogP contribution in [0.1, 0.15) is 57.4 Å². The fourth-order valence-electron chi connectivity index (χ4n) is 3.62. The molecular formula is C20H28N4O4S2. The van der Waals surface area contributed by atoms with E-state index in [0.717, 1.165) is 35.6 Å². The lowest BCUT2D eigenvalue weighted by Gasteiger charge is -2.26. The van der Waals surface area contributed by atoms with Gasteiger partial charge >= 0.3 is 6.09 Å². The number of ether oxygens (including phenoxy) is 1. The molecule has 1 aliphatic rings. The zero-order valence-corrected chi connectivity index (χ0v) is 19.0. The van der Waals surface area contributed by atoms with Gasteiger partial charge in [0.15, 0.2) is 0 Å². The summed E-state index contributed by atoms with van der Waals surface area (Å²) in [4.78, 5) is 16.4. The van der Waals surface area contributed by atoms with Gasteiger partial charge in [0, 0.05) is 28.9 Å². The lowest BCUT2D eigenvalue weighted by Crippen LogP contribution is -2.40. The average molecular weight is 453 g/mol. The van der Waals surface area contributed by atoms with Gasteiger partial charge in [-0.25, -0.2) is 22.9 Å². The molecule has 30 heavy (non-hydrogen) atoms. The van der Waals surface area contributed by atoms with Crippen molar-refractivity contribution in [1.29, 1.82) is 0 Å². The summed E-state index contributed by atoms with van der Waals surface area (Å²) in [5.41, 5.74) is 11.3. The van der Waals surface area contributed by atoms with Crippen molar-refractivity contribution in [3.8, 4) is 10.4 Å². The SMILES string of the molecule is CC(C)(C)NS(=O)(=O)c1cc(N)ccc1-c1cnc(C2CCC(OC(N)=O)CC2)s1. The maximum atomic E-state index is 13.0. The number of hydrogen-bond donors (Lipinski definition) is 3. The van der Waals surface area contributed by atoms with Crippen LogP contribution < -0.4 is 16.2 Å². The number of nitrogens with one attached hydrogen (secondary N) is 1. The van der Waals surface area contributed by atoms with Gasteiger partial charge in [0.1, 0.15) is 6.10 Å². The van der Waals surface area contributed by atoms with E-state index in [4.69, 9.17) is 16.2 Å². The third kappa shape index (κ3) is 5.50. The summed E-state index contributed by atoms with van der Waals surface area (Å²) in [7, 11) is -3.77. The predicted octanol–water partition coefficient (Wildman–Crippen LogP) is 3.59. The molecule has 10 heteroatoms. The van der Waals surface area contributed by atoms with Crippen LogP contribution in [-0.2, 0) is 14.8 Å². The van der Waals surface area contributed by atoms with Crippen LogP contribution in [-0.4, -0.2) is 31.1 Å². The number of sulfonamides is 1. The molecule has 1 fully saturated rings. The number of carbonyl (C=O) groups excluding carboxylic acids is 1. The summed E-state index contributed by atoms with van der Waals surface area (Å²) in [5.74, 6) is 0.248.